The molecule has 0 saturated heterocycles. The van der Waals surface area contributed by atoms with Gasteiger partial charge in [0.05, 0.1) is 5.52 Å². The van der Waals surface area contributed by atoms with Crippen LogP contribution in [-0.2, 0) is 6.54 Å². The van der Waals surface area contributed by atoms with Crippen LogP contribution in [0.1, 0.15) is 19.4 Å². The van der Waals surface area contributed by atoms with Crippen molar-refractivity contribution in [3.05, 3.63) is 34.3 Å². The lowest BCUT2D eigenvalue weighted by molar-refractivity contribution is 0.458. The van der Waals surface area contributed by atoms with Crippen molar-refractivity contribution in [1.82, 2.24) is 4.57 Å². The van der Waals surface area contributed by atoms with E-state index < -0.39 is 0 Å². The first-order valence-electron chi connectivity index (χ1n) is 5.18. The van der Waals surface area contributed by atoms with Crippen molar-refractivity contribution in [2.75, 3.05) is 0 Å². The molecule has 0 aliphatic heterocycles. The minimum atomic E-state index is -0.260. The van der Waals surface area contributed by atoms with Gasteiger partial charge in [-0.25, -0.2) is 4.79 Å². The van der Waals surface area contributed by atoms with Crippen molar-refractivity contribution in [3.8, 4) is 0 Å². The number of rotatable bonds is 2. The third-order valence-electron chi connectivity index (χ3n) is 2.37. The van der Waals surface area contributed by atoms with Crippen LogP contribution in [0.2, 0.25) is 0 Å². The lowest BCUT2D eigenvalue weighted by Gasteiger charge is -2.04. The maximum Gasteiger partial charge on any atom is 0.419 e. The van der Waals surface area contributed by atoms with E-state index in [-0.39, 0.29) is 5.76 Å². The largest absolute Gasteiger partial charge is 0.419 e. The Balaban J connectivity index is 2.63. The third kappa shape index (κ3) is 1.82. The van der Waals surface area contributed by atoms with Gasteiger partial charge in [0.25, 0.3) is 0 Å². The molecule has 0 fully saturated rings. The average Bonchev–Trinajstić information content (AvgIpc) is 2.41. The van der Waals surface area contributed by atoms with Crippen molar-refractivity contribution < 1.29 is 4.42 Å². The van der Waals surface area contributed by atoms with Crippen LogP contribution in [0.4, 0.5) is 0 Å². The van der Waals surface area contributed by atoms with E-state index in [2.05, 4.69) is 13.8 Å². The van der Waals surface area contributed by atoms with Crippen LogP contribution in [0.15, 0.2) is 27.4 Å². The van der Waals surface area contributed by atoms with Gasteiger partial charge in [-0.15, -0.1) is 0 Å². The van der Waals surface area contributed by atoms with Crippen LogP contribution < -0.4 is 5.76 Å². The number of aromatic nitrogens is 1. The summed E-state index contributed by atoms with van der Waals surface area (Å²) in [4.78, 5) is 11.6. The first-order chi connectivity index (χ1) is 7.08. The van der Waals surface area contributed by atoms with Crippen LogP contribution in [0.25, 0.3) is 11.1 Å². The second-order valence-electron chi connectivity index (χ2n) is 4.34. The molecular formula is C12H15NO2. The summed E-state index contributed by atoms with van der Waals surface area (Å²) >= 11 is 0. The highest BCUT2D eigenvalue weighted by Gasteiger charge is 2.09. The van der Waals surface area contributed by atoms with Gasteiger partial charge in [0.15, 0.2) is 5.58 Å². The summed E-state index contributed by atoms with van der Waals surface area (Å²) in [5.41, 5.74) is 2.67. The quantitative estimate of drug-likeness (QED) is 0.755. The lowest BCUT2D eigenvalue weighted by atomic mass is 10.2. The topological polar surface area (TPSA) is 35.1 Å². The fraction of sp³-hybridized carbons (Fsp3) is 0.417. The maximum atomic E-state index is 11.6. The monoisotopic (exact) mass is 205 g/mol. The number of nitrogens with zero attached hydrogens (tertiary/aromatic N) is 1. The van der Waals surface area contributed by atoms with Gasteiger partial charge in [-0.05, 0) is 30.5 Å². The molecule has 0 radical (unpaired) electrons. The molecule has 2 aromatic rings. The first-order valence-corrected chi connectivity index (χ1v) is 5.18. The molecule has 0 amide bonds. The molecule has 0 unspecified atom stereocenters. The second kappa shape index (κ2) is 3.57. The van der Waals surface area contributed by atoms with Crippen molar-refractivity contribution in [2.24, 2.45) is 5.92 Å². The normalized spacial score (nSPS) is 11.5. The number of oxazole rings is 1. The van der Waals surface area contributed by atoms with E-state index in [1.165, 1.54) is 0 Å². The molecule has 0 spiro atoms. The zero-order valence-electron chi connectivity index (χ0n) is 9.28. The standard InChI is InChI=1S/C12H15NO2/c1-8(2)7-13-10-5-4-9(3)6-11(10)15-12(13)14/h4-6,8H,7H2,1-3H3. The molecule has 80 valence electrons. The summed E-state index contributed by atoms with van der Waals surface area (Å²) in [6.07, 6.45) is 0. The van der Waals surface area contributed by atoms with Gasteiger partial charge in [-0.2, -0.15) is 0 Å². The van der Waals surface area contributed by atoms with Gasteiger partial charge in [0.2, 0.25) is 0 Å². The zero-order valence-corrected chi connectivity index (χ0v) is 9.28. The van der Waals surface area contributed by atoms with E-state index in [0.717, 1.165) is 11.1 Å². The van der Waals surface area contributed by atoms with Gasteiger partial charge in [-0.1, -0.05) is 19.9 Å². The number of hydrogen-bond acceptors (Lipinski definition) is 2. The molecule has 3 heteroatoms. The van der Waals surface area contributed by atoms with E-state index in [9.17, 15) is 4.79 Å². The Bertz CT molecular complexity index is 534. The molecule has 0 saturated carbocycles. The highest BCUT2D eigenvalue weighted by molar-refractivity contribution is 5.73. The highest BCUT2D eigenvalue weighted by Crippen LogP contribution is 2.15. The van der Waals surface area contributed by atoms with E-state index in [1.807, 2.05) is 25.1 Å². The van der Waals surface area contributed by atoms with Crippen molar-refractivity contribution in [1.29, 1.82) is 0 Å². The van der Waals surface area contributed by atoms with Gasteiger partial charge < -0.3 is 4.42 Å². The first kappa shape index (κ1) is 10.0. The summed E-state index contributed by atoms with van der Waals surface area (Å²) in [7, 11) is 0. The van der Waals surface area contributed by atoms with Crippen LogP contribution in [-0.4, -0.2) is 4.57 Å². The maximum absolute atomic E-state index is 11.6. The molecule has 1 aromatic carbocycles. The minimum Gasteiger partial charge on any atom is -0.408 e. The summed E-state index contributed by atoms with van der Waals surface area (Å²) in [5.74, 6) is 0.175. The Labute approximate surface area is 88.3 Å². The molecule has 1 heterocycles. The molecule has 15 heavy (non-hydrogen) atoms. The Morgan fingerprint density at radius 2 is 2.13 bits per heavy atom. The Kier molecular flexibility index (Phi) is 2.39. The summed E-state index contributed by atoms with van der Waals surface area (Å²) in [5, 5.41) is 0. The number of hydrogen-bond donors (Lipinski definition) is 0. The average molecular weight is 205 g/mol. The number of fused-ring (bicyclic) bond motifs is 1. The Morgan fingerprint density at radius 3 is 2.80 bits per heavy atom. The zero-order chi connectivity index (χ0) is 11.0. The van der Waals surface area contributed by atoms with Crippen molar-refractivity contribution in [3.63, 3.8) is 0 Å². The van der Waals surface area contributed by atoms with Gasteiger partial charge in [0.1, 0.15) is 0 Å². The minimum absolute atomic E-state index is 0.260. The van der Waals surface area contributed by atoms with Crippen LogP contribution in [0.5, 0.6) is 0 Å². The van der Waals surface area contributed by atoms with Crippen molar-refractivity contribution in [2.45, 2.75) is 27.3 Å². The van der Waals surface area contributed by atoms with E-state index in [1.54, 1.807) is 4.57 Å². The molecular weight excluding hydrogens is 190 g/mol. The van der Waals surface area contributed by atoms with Crippen LogP contribution in [0, 0.1) is 12.8 Å². The van der Waals surface area contributed by atoms with Gasteiger partial charge >= 0.3 is 5.76 Å². The summed E-state index contributed by atoms with van der Waals surface area (Å²) in [6, 6.07) is 5.83. The smallest absolute Gasteiger partial charge is 0.408 e. The SMILES string of the molecule is Cc1ccc2c(c1)oc(=O)n2CC(C)C. The Morgan fingerprint density at radius 1 is 1.40 bits per heavy atom. The molecule has 0 aliphatic rings. The van der Waals surface area contributed by atoms with Crippen molar-refractivity contribution >= 4 is 11.1 Å². The molecule has 0 aliphatic carbocycles. The van der Waals surface area contributed by atoms with E-state index in [4.69, 9.17) is 4.42 Å². The fourth-order valence-electron chi connectivity index (χ4n) is 1.71. The number of aryl methyl sites for hydroxylation is 1. The van der Waals surface area contributed by atoms with E-state index in [0.29, 0.717) is 18.0 Å². The predicted molar refractivity (Wildman–Crippen MR) is 60.0 cm³/mol. The molecule has 0 atom stereocenters. The molecule has 2 rings (SSSR count). The molecule has 0 bridgehead atoms. The van der Waals surface area contributed by atoms with Crippen LogP contribution in [0.3, 0.4) is 0 Å². The molecule has 0 N–H and O–H groups in total. The molecule has 1 aromatic heterocycles. The van der Waals surface area contributed by atoms with Crippen LogP contribution >= 0.6 is 0 Å². The second-order valence-corrected chi connectivity index (χ2v) is 4.34. The summed E-state index contributed by atoms with van der Waals surface area (Å²) in [6.45, 7) is 6.85. The molecule has 3 nitrogen and oxygen atoms in total. The highest BCUT2D eigenvalue weighted by atomic mass is 16.4. The van der Waals surface area contributed by atoms with E-state index >= 15 is 0 Å². The van der Waals surface area contributed by atoms with Gasteiger partial charge in [0, 0.05) is 6.54 Å². The third-order valence-corrected chi connectivity index (χ3v) is 2.37. The summed E-state index contributed by atoms with van der Waals surface area (Å²) < 4.78 is 6.88. The number of benzene rings is 1. The van der Waals surface area contributed by atoms with Gasteiger partial charge in [-0.3, -0.25) is 4.57 Å². The predicted octanol–water partition coefficient (Wildman–Crippen LogP) is 2.56. The fourth-order valence-corrected chi connectivity index (χ4v) is 1.71. The lowest BCUT2D eigenvalue weighted by Crippen LogP contribution is -2.17. The Hall–Kier alpha value is -1.51.